The number of halogens is 1. The van der Waals surface area contributed by atoms with Gasteiger partial charge in [-0.3, -0.25) is 38.9 Å². The van der Waals surface area contributed by atoms with Gasteiger partial charge in [0, 0.05) is 28.3 Å². The lowest BCUT2D eigenvalue weighted by atomic mass is 9.92. The molecule has 0 saturated heterocycles. The maximum atomic E-state index is 14.1. The van der Waals surface area contributed by atoms with Crippen molar-refractivity contribution in [1.29, 1.82) is 0 Å². The van der Waals surface area contributed by atoms with Crippen LogP contribution >= 0.6 is 11.6 Å². The predicted molar refractivity (Wildman–Crippen MR) is 211 cm³/mol. The van der Waals surface area contributed by atoms with Gasteiger partial charge in [0.25, 0.3) is 36.3 Å². The molecular weight excluding hydrogens is 846 g/mol. The van der Waals surface area contributed by atoms with Gasteiger partial charge in [-0.25, -0.2) is 0 Å². The van der Waals surface area contributed by atoms with E-state index in [0.29, 0.717) is 16.7 Å². The molecule has 0 unspecified atom stereocenters. The summed E-state index contributed by atoms with van der Waals surface area (Å²) in [7, 11) is -12.4. The van der Waals surface area contributed by atoms with Crippen molar-refractivity contribution < 1.29 is 62.8 Å². The van der Waals surface area contributed by atoms with Crippen molar-refractivity contribution in [2.24, 2.45) is 10.2 Å². The third-order valence-electron chi connectivity index (χ3n) is 8.36. The summed E-state index contributed by atoms with van der Waals surface area (Å²) in [5.74, 6) is -2.75. The van der Waals surface area contributed by atoms with Gasteiger partial charge in [0.05, 0.1) is 35.3 Å². The number of hydrogen-bond acceptors (Lipinski definition) is 15. The number of rotatable bonds is 11. The second kappa shape index (κ2) is 15.6. The van der Waals surface area contributed by atoms with Crippen molar-refractivity contribution >= 4 is 100 Å². The molecule has 0 spiro atoms. The van der Waals surface area contributed by atoms with E-state index in [-0.39, 0.29) is 39.7 Å². The Morgan fingerprint density at radius 1 is 0.672 bits per heavy atom. The molecule has 58 heavy (non-hydrogen) atoms. The van der Waals surface area contributed by atoms with Gasteiger partial charge >= 0.3 is 0 Å². The van der Waals surface area contributed by atoms with Crippen LogP contribution in [0.1, 0.15) is 37.4 Å². The van der Waals surface area contributed by atoms with Gasteiger partial charge in [0.15, 0.2) is 5.71 Å². The summed E-state index contributed by atoms with van der Waals surface area (Å²) in [5.41, 5.74) is 3.09. The van der Waals surface area contributed by atoms with Gasteiger partial charge in [0.1, 0.15) is 33.5 Å². The first-order valence-corrected chi connectivity index (χ1v) is 20.6. The number of fused-ring (bicyclic) bond motifs is 2. The lowest BCUT2D eigenvalue weighted by Crippen LogP contribution is -2.29. The molecule has 0 bridgehead atoms. The van der Waals surface area contributed by atoms with Crippen LogP contribution < -0.4 is 25.6 Å². The number of hydrogen-bond donors (Lipinski definition) is 6. The zero-order valence-corrected chi connectivity index (χ0v) is 32.6. The lowest BCUT2D eigenvalue weighted by Gasteiger charge is -2.21. The smallest absolute Gasteiger partial charge is 0.296 e. The summed E-state index contributed by atoms with van der Waals surface area (Å²) < 4.78 is 113. The van der Waals surface area contributed by atoms with Crippen molar-refractivity contribution in [2.45, 2.75) is 9.79 Å². The van der Waals surface area contributed by atoms with Crippen LogP contribution in [0.15, 0.2) is 97.7 Å². The second-order valence-electron chi connectivity index (χ2n) is 12.0. The number of carbonyl (C=O) groups is 3. The number of Topliss-reactive ketones (excluding diaryl/α,β-unsaturated/α-hetero) is 1. The number of allylic oxidation sites excluding steroid dienone is 2. The molecule has 0 radical (unpaired) electrons. The first-order valence-electron chi connectivity index (χ1n) is 15.9. The van der Waals surface area contributed by atoms with Gasteiger partial charge in [0.2, 0.25) is 11.6 Å². The average molecular weight is 872 g/mol. The fourth-order valence-corrected chi connectivity index (χ4v) is 7.47. The van der Waals surface area contributed by atoms with Crippen LogP contribution in [0.3, 0.4) is 0 Å². The third kappa shape index (κ3) is 8.52. The fourth-order valence-electron chi connectivity index (χ4n) is 5.63. The van der Waals surface area contributed by atoms with Crippen LogP contribution in [-0.2, 0) is 35.1 Å². The highest BCUT2D eigenvalue weighted by Crippen LogP contribution is 2.38. The summed E-state index contributed by atoms with van der Waals surface area (Å²) in [6.45, 7) is 0. The Balaban J connectivity index is 1.39. The number of amides is 1. The van der Waals surface area contributed by atoms with Gasteiger partial charge in [-0.1, -0.05) is 23.7 Å². The Hall–Kier alpha value is -6.27. The highest BCUT2D eigenvalue weighted by atomic mass is 35.5. The van der Waals surface area contributed by atoms with Crippen molar-refractivity contribution in [3.05, 3.63) is 111 Å². The normalized spacial score (nSPS) is 15.4. The Labute approximate surface area is 334 Å². The Bertz CT molecular complexity index is 2930. The van der Waals surface area contributed by atoms with Crippen LogP contribution in [0, 0.1) is 0 Å². The molecule has 6 rings (SSSR count). The standard InChI is InChI=1S/C35H26ClN5O14S3/c1-54-28-16-25(29(55-2)15-24(28)38-40-32-23-13-21(56(45,46)47)9-5-17(23)6-10-27(32)42)39-41-33-30(58(51,52)53)12-19-11-22(57(48,49)50)14-26(31(19)34(33)43)37-35(44)18-3-7-20(36)8-4-18/h3-16,38-39H,1-2H3,(H,37,44)(H,45,46,47)(H,48,49,50)(H,51,52,53)/b40-32+,41-33+. The number of anilines is 3. The fraction of sp³-hybridized carbons (Fsp3) is 0.0571. The number of methoxy groups -OCH3 is 2. The average Bonchev–Trinajstić information content (AvgIpc) is 3.15. The quantitative estimate of drug-likeness (QED) is 0.0899. The van der Waals surface area contributed by atoms with E-state index in [1.165, 1.54) is 68.8 Å². The minimum atomic E-state index is -5.28. The second-order valence-corrected chi connectivity index (χ2v) is 16.7. The molecular formula is C35H26ClN5O14S3. The number of benzene rings is 4. The molecule has 0 fully saturated rings. The van der Waals surface area contributed by atoms with E-state index >= 15 is 0 Å². The van der Waals surface area contributed by atoms with E-state index in [0.717, 1.165) is 24.3 Å². The zero-order valence-electron chi connectivity index (χ0n) is 29.4. The molecule has 6 N–H and O–H groups in total. The maximum Gasteiger partial charge on any atom is 0.296 e. The summed E-state index contributed by atoms with van der Waals surface area (Å²) in [5, 5.41) is 10.8. The number of nitrogens with one attached hydrogen (secondary N) is 3. The molecule has 1 amide bonds. The van der Waals surface area contributed by atoms with Crippen molar-refractivity contribution in [3.63, 3.8) is 0 Å². The van der Waals surface area contributed by atoms with Gasteiger partial charge in [-0.15, -0.1) is 0 Å². The SMILES string of the molecule is COc1cc(N/N=C2/C(=O)C=Cc3ccc(S(=O)(=O)O)cc32)c(OC)cc1N/N=C1/C(=O)c2c(cc(S(=O)(=O)O)cc2NC(=O)c2ccc(Cl)cc2)C=C1S(=O)(=O)O. The number of ketones is 2. The minimum absolute atomic E-state index is 0.00522. The summed E-state index contributed by atoms with van der Waals surface area (Å²) >= 11 is 5.90. The van der Waals surface area contributed by atoms with Crippen molar-refractivity contribution in [3.8, 4) is 11.5 Å². The number of nitrogens with zero attached hydrogens (tertiary/aromatic N) is 2. The van der Waals surface area contributed by atoms with Crippen LogP contribution in [0.25, 0.3) is 12.2 Å². The maximum absolute atomic E-state index is 14.1. The monoisotopic (exact) mass is 871 g/mol. The molecule has 300 valence electrons. The van der Waals surface area contributed by atoms with E-state index in [9.17, 15) is 53.3 Å². The lowest BCUT2D eigenvalue weighted by molar-refractivity contribution is -0.108. The molecule has 2 aliphatic rings. The third-order valence-corrected chi connectivity index (χ3v) is 11.2. The first-order chi connectivity index (χ1) is 27.2. The van der Waals surface area contributed by atoms with E-state index in [2.05, 4.69) is 26.4 Å². The summed E-state index contributed by atoms with van der Waals surface area (Å²) in [6, 6.07) is 13.1. The van der Waals surface area contributed by atoms with E-state index in [4.69, 9.17) is 21.1 Å². The van der Waals surface area contributed by atoms with E-state index < -0.39 is 85.1 Å². The Kier molecular flexibility index (Phi) is 11.1. The van der Waals surface area contributed by atoms with Crippen LogP contribution in [0.5, 0.6) is 11.5 Å². The first kappa shape index (κ1) is 41.4. The minimum Gasteiger partial charge on any atom is -0.494 e. The number of carbonyl (C=O) groups excluding carboxylic acids is 3. The largest absolute Gasteiger partial charge is 0.494 e. The molecule has 2 aliphatic carbocycles. The van der Waals surface area contributed by atoms with E-state index in [1.807, 2.05) is 0 Å². The summed E-state index contributed by atoms with van der Waals surface area (Å²) in [6.07, 6.45) is 3.34. The Morgan fingerprint density at radius 2 is 1.26 bits per heavy atom. The molecule has 4 aromatic rings. The molecule has 4 aromatic carbocycles. The highest BCUT2D eigenvalue weighted by Gasteiger charge is 2.36. The van der Waals surface area contributed by atoms with Gasteiger partial charge in [-0.2, -0.15) is 35.5 Å². The molecule has 19 nitrogen and oxygen atoms in total. The predicted octanol–water partition coefficient (Wildman–Crippen LogP) is 4.41. The zero-order chi connectivity index (χ0) is 42.3. The van der Waals surface area contributed by atoms with Gasteiger partial charge in [-0.05, 0) is 71.8 Å². The Morgan fingerprint density at radius 3 is 1.81 bits per heavy atom. The number of ether oxygens (including phenoxy) is 2. The van der Waals surface area contributed by atoms with E-state index in [1.54, 1.807) is 0 Å². The topological polar surface area (TPSA) is 294 Å². The van der Waals surface area contributed by atoms with Crippen LogP contribution in [0.2, 0.25) is 5.02 Å². The van der Waals surface area contributed by atoms with Crippen molar-refractivity contribution in [1.82, 2.24) is 0 Å². The van der Waals surface area contributed by atoms with Crippen molar-refractivity contribution in [2.75, 3.05) is 30.4 Å². The molecule has 0 aliphatic heterocycles. The van der Waals surface area contributed by atoms with Crippen LogP contribution in [-0.4, -0.2) is 82.0 Å². The molecule has 0 saturated carbocycles. The molecule has 0 atom stereocenters. The summed E-state index contributed by atoms with van der Waals surface area (Å²) in [4.78, 5) is 37.6. The number of hydrazone groups is 2. The molecule has 23 heteroatoms. The molecule has 0 heterocycles. The van der Waals surface area contributed by atoms with Crippen LogP contribution in [0.4, 0.5) is 17.1 Å². The highest BCUT2D eigenvalue weighted by molar-refractivity contribution is 7.91. The van der Waals surface area contributed by atoms with Gasteiger partial charge < -0.3 is 14.8 Å². The molecule has 0 aromatic heterocycles.